The predicted molar refractivity (Wildman–Crippen MR) is 63.2 cm³/mol. The number of aryl methyl sites for hydroxylation is 1. The third-order valence-electron chi connectivity index (χ3n) is 2.37. The van der Waals surface area contributed by atoms with Crippen molar-refractivity contribution in [1.82, 2.24) is 9.78 Å². The summed E-state index contributed by atoms with van der Waals surface area (Å²) in [5, 5.41) is 4.01. The average molecular weight is 255 g/mol. The van der Waals surface area contributed by atoms with Gasteiger partial charge in [-0.2, -0.15) is 5.10 Å². The van der Waals surface area contributed by atoms with E-state index in [2.05, 4.69) is 14.6 Å². The van der Waals surface area contributed by atoms with Crippen LogP contribution in [0.4, 0.5) is 0 Å². The van der Waals surface area contributed by atoms with E-state index < -0.39 is 11.9 Å². The van der Waals surface area contributed by atoms with Gasteiger partial charge in [0.1, 0.15) is 5.69 Å². The topological polar surface area (TPSA) is 96.4 Å². The molecule has 0 saturated heterocycles. The van der Waals surface area contributed by atoms with Crippen LogP contribution in [0.15, 0.2) is 6.07 Å². The fourth-order valence-electron chi connectivity index (χ4n) is 1.39. The van der Waals surface area contributed by atoms with Gasteiger partial charge in [0, 0.05) is 18.7 Å². The molecule has 0 bridgehead atoms. The quantitative estimate of drug-likeness (QED) is 0.755. The summed E-state index contributed by atoms with van der Waals surface area (Å²) < 4.78 is 10.6. The highest BCUT2D eigenvalue weighted by molar-refractivity contribution is 5.93. The molecule has 1 atom stereocenters. The first-order valence-electron chi connectivity index (χ1n) is 5.49. The van der Waals surface area contributed by atoms with Gasteiger partial charge in [-0.15, -0.1) is 0 Å². The van der Waals surface area contributed by atoms with Crippen molar-refractivity contribution in [2.45, 2.75) is 25.9 Å². The molecule has 0 spiro atoms. The minimum atomic E-state index is -0.598. The van der Waals surface area contributed by atoms with Gasteiger partial charge in [-0.05, 0) is 13.3 Å². The number of ether oxygens (including phenoxy) is 2. The molecule has 0 amide bonds. The Kier molecular flexibility index (Phi) is 4.85. The molecule has 1 aromatic rings. The van der Waals surface area contributed by atoms with Crippen LogP contribution in [0.5, 0.6) is 0 Å². The molecule has 1 heterocycles. The number of rotatable bonds is 5. The Morgan fingerprint density at radius 1 is 1.39 bits per heavy atom. The van der Waals surface area contributed by atoms with E-state index in [0.29, 0.717) is 13.0 Å². The molecule has 1 aromatic heterocycles. The Hall–Kier alpha value is -1.89. The lowest BCUT2D eigenvalue weighted by Crippen LogP contribution is -2.20. The van der Waals surface area contributed by atoms with Gasteiger partial charge in [-0.3, -0.25) is 4.68 Å². The molecule has 0 saturated carbocycles. The Labute approximate surface area is 105 Å². The number of methoxy groups -OCH3 is 2. The number of aromatic nitrogens is 2. The molecule has 100 valence electrons. The van der Waals surface area contributed by atoms with E-state index in [-0.39, 0.29) is 17.4 Å². The third kappa shape index (κ3) is 3.30. The summed E-state index contributed by atoms with van der Waals surface area (Å²) in [4.78, 5) is 22.9. The van der Waals surface area contributed by atoms with Crippen LogP contribution in [0.3, 0.4) is 0 Å². The van der Waals surface area contributed by atoms with Gasteiger partial charge in [0.05, 0.1) is 14.2 Å². The zero-order valence-corrected chi connectivity index (χ0v) is 10.7. The van der Waals surface area contributed by atoms with Crippen LogP contribution in [0.2, 0.25) is 0 Å². The van der Waals surface area contributed by atoms with E-state index in [1.807, 2.05) is 6.92 Å². The molecule has 0 aromatic carbocycles. The van der Waals surface area contributed by atoms with Crippen molar-refractivity contribution in [2.24, 2.45) is 5.73 Å². The van der Waals surface area contributed by atoms with Crippen molar-refractivity contribution < 1.29 is 19.1 Å². The highest BCUT2D eigenvalue weighted by Crippen LogP contribution is 2.09. The molecule has 7 heteroatoms. The van der Waals surface area contributed by atoms with Gasteiger partial charge in [0.25, 0.3) is 0 Å². The van der Waals surface area contributed by atoms with Crippen LogP contribution < -0.4 is 5.73 Å². The summed E-state index contributed by atoms with van der Waals surface area (Å²) in [6.07, 6.45) is 0.631. The first-order valence-corrected chi connectivity index (χ1v) is 5.49. The second-order valence-corrected chi connectivity index (χ2v) is 3.89. The minimum Gasteiger partial charge on any atom is -0.464 e. The van der Waals surface area contributed by atoms with E-state index >= 15 is 0 Å². The zero-order valence-electron chi connectivity index (χ0n) is 10.7. The molecule has 0 radical (unpaired) electrons. The van der Waals surface area contributed by atoms with Crippen molar-refractivity contribution in [3.05, 3.63) is 17.5 Å². The standard InChI is InChI=1S/C11H17N3O4/c1-7(12)4-5-14-9(11(16)18-3)6-8(13-14)10(15)17-2/h6-7H,4-5,12H2,1-3H3. The monoisotopic (exact) mass is 255 g/mol. The number of esters is 2. The maximum absolute atomic E-state index is 11.5. The molecule has 0 aliphatic carbocycles. The number of nitrogens with two attached hydrogens (primary N) is 1. The zero-order chi connectivity index (χ0) is 13.7. The number of carbonyl (C=O) groups is 2. The minimum absolute atomic E-state index is 0.0266. The van der Waals surface area contributed by atoms with Gasteiger partial charge >= 0.3 is 11.9 Å². The second kappa shape index (κ2) is 6.15. The van der Waals surface area contributed by atoms with Gasteiger partial charge in [-0.1, -0.05) is 0 Å². The number of hydrogen-bond acceptors (Lipinski definition) is 6. The smallest absolute Gasteiger partial charge is 0.358 e. The number of nitrogens with zero attached hydrogens (tertiary/aromatic N) is 2. The normalized spacial score (nSPS) is 12.0. The fourth-order valence-corrected chi connectivity index (χ4v) is 1.39. The molecule has 1 rings (SSSR count). The molecule has 0 aliphatic rings. The summed E-state index contributed by atoms with van der Waals surface area (Å²) in [6.45, 7) is 2.28. The lowest BCUT2D eigenvalue weighted by molar-refractivity contribution is 0.0580. The highest BCUT2D eigenvalue weighted by atomic mass is 16.5. The molecule has 1 unspecified atom stereocenters. The summed E-state index contributed by atoms with van der Waals surface area (Å²) in [7, 11) is 2.52. The third-order valence-corrected chi connectivity index (χ3v) is 2.37. The van der Waals surface area contributed by atoms with Gasteiger partial charge in [0.2, 0.25) is 0 Å². The van der Waals surface area contributed by atoms with Crippen molar-refractivity contribution in [1.29, 1.82) is 0 Å². The maximum atomic E-state index is 11.5. The van der Waals surface area contributed by atoms with Crippen LogP contribution in [0.25, 0.3) is 0 Å². The molecule has 2 N–H and O–H groups in total. The Morgan fingerprint density at radius 2 is 2.00 bits per heavy atom. The van der Waals surface area contributed by atoms with Gasteiger partial charge in [-0.25, -0.2) is 9.59 Å². The molecular weight excluding hydrogens is 238 g/mol. The predicted octanol–water partition coefficient (Wildman–Crippen LogP) is 0.194. The van der Waals surface area contributed by atoms with Gasteiger partial charge in [0.15, 0.2) is 5.69 Å². The van der Waals surface area contributed by atoms with Crippen LogP contribution in [0, 0.1) is 0 Å². The van der Waals surface area contributed by atoms with Crippen LogP contribution >= 0.6 is 0 Å². The molecule has 0 aliphatic heterocycles. The lowest BCUT2D eigenvalue weighted by atomic mass is 10.2. The Bertz CT molecular complexity index is 439. The lowest BCUT2D eigenvalue weighted by Gasteiger charge is -2.07. The van der Waals surface area contributed by atoms with Crippen molar-refractivity contribution >= 4 is 11.9 Å². The molecule has 18 heavy (non-hydrogen) atoms. The summed E-state index contributed by atoms with van der Waals surface area (Å²) in [6, 6.07) is 1.32. The SMILES string of the molecule is COC(=O)c1cc(C(=O)OC)n(CCC(C)N)n1. The first-order chi connectivity index (χ1) is 8.49. The van der Waals surface area contributed by atoms with E-state index in [1.165, 1.54) is 25.0 Å². The summed E-state index contributed by atoms with van der Waals surface area (Å²) >= 11 is 0. The van der Waals surface area contributed by atoms with E-state index in [0.717, 1.165) is 0 Å². The second-order valence-electron chi connectivity index (χ2n) is 3.89. The van der Waals surface area contributed by atoms with E-state index in [4.69, 9.17) is 5.73 Å². The molecular formula is C11H17N3O4. The first kappa shape index (κ1) is 14.2. The number of hydrogen-bond donors (Lipinski definition) is 1. The Morgan fingerprint density at radius 3 is 2.50 bits per heavy atom. The van der Waals surface area contributed by atoms with E-state index in [1.54, 1.807) is 0 Å². The van der Waals surface area contributed by atoms with Crippen LogP contribution in [0.1, 0.15) is 34.3 Å². The van der Waals surface area contributed by atoms with Crippen LogP contribution in [-0.2, 0) is 16.0 Å². The van der Waals surface area contributed by atoms with Crippen molar-refractivity contribution in [3.8, 4) is 0 Å². The largest absolute Gasteiger partial charge is 0.464 e. The average Bonchev–Trinajstić information content (AvgIpc) is 2.78. The van der Waals surface area contributed by atoms with E-state index in [9.17, 15) is 9.59 Å². The van der Waals surface area contributed by atoms with Crippen LogP contribution in [-0.4, -0.2) is 42.0 Å². The summed E-state index contributed by atoms with van der Waals surface area (Å²) in [5.74, 6) is -1.15. The molecule has 7 nitrogen and oxygen atoms in total. The van der Waals surface area contributed by atoms with Gasteiger partial charge < -0.3 is 15.2 Å². The van der Waals surface area contributed by atoms with Crippen molar-refractivity contribution in [2.75, 3.05) is 14.2 Å². The maximum Gasteiger partial charge on any atom is 0.358 e. The molecule has 0 fully saturated rings. The van der Waals surface area contributed by atoms with Crippen molar-refractivity contribution in [3.63, 3.8) is 0 Å². The number of carbonyl (C=O) groups excluding carboxylic acids is 2. The summed E-state index contributed by atoms with van der Waals surface area (Å²) in [5.41, 5.74) is 5.92. The fraction of sp³-hybridized carbons (Fsp3) is 0.545. The Balaban J connectivity index is 3.01. The highest BCUT2D eigenvalue weighted by Gasteiger charge is 2.20.